The lowest BCUT2D eigenvalue weighted by atomic mass is 10.0. The molecule has 252 valence electrons. The highest BCUT2D eigenvalue weighted by Crippen LogP contribution is 2.34. The van der Waals surface area contributed by atoms with E-state index in [9.17, 15) is 22.4 Å². The van der Waals surface area contributed by atoms with Gasteiger partial charge in [-0.05, 0) is 67.8 Å². The van der Waals surface area contributed by atoms with Crippen molar-refractivity contribution >= 4 is 27.5 Å². The maximum absolute atomic E-state index is 14.6. The molecule has 2 atom stereocenters. The Hall–Kier alpha value is -4.90. The van der Waals surface area contributed by atoms with Crippen molar-refractivity contribution in [3.8, 4) is 11.5 Å². The Morgan fingerprint density at radius 1 is 0.875 bits per heavy atom. The highest BCUT2D eigenvalue weighted by molar-refractivity contribution is 7.92. The Morgan fingerprint density at radius 2 is 1.56 bits per heavy atom. The number of hydrogen-bond acceptors (Lipinski definition) is 6. The Balaban J connectivity index is 1.58. The van der Waals surface area contributed by atoms with Crippen LogP contribution in [0.3, 0.4) is 0 Å². The molecule has 1 heterocycles. The summed E-state index contributed by atoms with van der Waals surface area (Å²) in [5.74, 6) is -0.852. The first-order valence-electron chi connectivity index (χ1n) is 15.9. The van der Waals surface area contributed by atoms with Crippen LogP contribution in [0.2, 0.25) is 0 Å². The number of fused-ring (bicyclic) bond motifs is 1. The SMILES string of the molecule is CC[C@H](C)NC(=O)[C@@H](Cc1ccccc1)N(Cc1cccc(C)c1)C(=O)CN(c1ccc(F)cc1)S(=O)(=O)c1ccc2c(c1)OCCO2. The first-order valence-corrected chi connectivity index (χ1v) is 17.4. The lowest BCUT2D eigenvalue weighted by molar-refractivity contribution is -0.140. The maximum atomic E-state index is 14.6. The second kappa shape index (κ2) is 15.3. The summed E-state index contributed by atoms with van der Waals surface area (Å²) in [6.07, 6.45) is 0.883. The van der Waals surface area contributed by atoms with Crippen molar-refractivity contribution in [2.45, 2.75) is 57.1 Å². The number of hydrogen-bond donors (Lipinski definition) is 1. The molecular weight excluding hydrogens is 633 g/mol. The van der Waals surface area contributed by atoms with Gasteiger partial charge in [0.2, 0.25) is 11.8 Å². The molecule has 0 fully saturated rings. The van der Waals surface area contributed by atoms with Crippen LogP contribution in [0.4, 0.5) is 10.1 Å². The van der Waals surface area contributed by atoms with E-state index in [1.807, 2.05) is 75.4 Å². The molecule has 0 aliphatic carbocycles. The van der Waals surface area contributed by atoms with Crippen LogP contribution in [-0.2, 0) is 32.6 Å². The average Bonchev–Trinajstić information content (AvgIpc) is 3.09. The molecule has 2 amide bonds. The van der Waals surface area contributed by atoms with E-state index in [1.165, 1.54) is 35.2 Å². The van der Waals surface area contributed by atoms with E-state index in [2.05, 4.69) is 5.32 Å². The van der Waals surface area contributed by atoms with Crippen LogP contribution in [0.25, 0.3) is 0 Å². The number of halogens is 1. The summed E-state index contributed by atoms with van der Waals surface area (Å²) < 4.78 is 54.8. The van der Waals surface area contributed by atoms with Crippen LogP contribution in [0.15, 0.2) is 102 Å². The van der Waals surface area contributed by atoms with Gasteiger partial charge in [0.1, 0.15) is 31.6 Å². The van der Waals surface area contributed by atoms with Gasteiger partial charge >= 0.3 is 0 Å². The van der Waals surface area contributed by atoms with Gasteiger partial charge in [-0.3, -0.25) is 13.9 Å². The van der Waals surface area contributed by atoms with E-state index in [0.717, 1.165) is 33.1 Å². The molecule has 11 heteroatoms. The molecule has 0 saturated heterocycles. The number of amides is 2. The van der Waals surface area contributed by atoms with Crippen molar-refractivity contribution in [1.29, 1.82) is 0 Å². The second-order valence-electron chi connectivity index (χ2n) is 11.8. The predicted molar refractivity (Wildman–Crippen MR) is 182 cm³/mol. The molecule has 4 aromatic carbocycles. The number of rotatable bonds is 13. The number of nitrogens with zero attached hydrogens (tertiary/aromatic N) is 2. The van der Waals surface area contributed by atoms with Gasteiger partial charge in [0.05, 0.1) is 10.6 Å². The zero-order valence-corrected chi connectivity index (χ0v) is 28.1. The lowest BCUT2D eigenvalue weighted by Crippen LogP contribution is -2.54. The van der Waals surface area contributed by atoms with Gasteiger partial charge in [0.25, 0.3) is 10.0 Å². The number of carbonyl (C=O) groups is 2. The summed E-state index contributed by atoms with van der Waals surface area (Å²) in [6.45, 7) is 5.76. The van der Waals surface area contributed by atoms with Gasteiger partial charge in [-0.25, -0.2) is 12.8 Å². The van der Waals surface area contributed by atoms with E-state index >= 15 is 0 Å². The van der Waals surface area contributed by atoms with Crippen molar-refractivity contribution in [3.63, 3.8) is 0 Å². The third-order valence-electron chi connectivity index (χ3n) is 8.20. The Bertz CT molecular complexity index is 1840. The van der Waals surface area contributed by atoms with Crippen molar-refractivity contribution < 1.29 is 31.9 Å². The fourth-order valence-electron chi connectivity index (χ4n) is 5.45. The van der Waals surface area contributed by atoms with Crippen molar-refractivity contribution in [3.05, 3.63) is 120 Å². The molecule has 5 rings (SSSR count). The van der Waals surface area contributed by atoms with Gasteiger partial charge in [0.15, 0.2) is 11.5 Å². The summed E-state index contributed by atoms with van der Waals surface area (Å²) in [5, 5.41) is 3.03. The summed E-state index contributed by atoms with van der Waals surface area (Å²) in [6, 6.07) is 25.0. The molecule has 0 radical (unpaired) electrons. The van der Waals surface area contributed by atoms with Gasteiger partial charge in [-0.2, -0.15) is 0 Å². The van der Waals surface area contributed by atoms with Crippen LogP contribution >= 0.6 is 0 Å². The Morgan fingerprint density at radius 3 is 2.25 bits per heavy atom. The molecule has 9 nitrogen and oxygen atoms in total. The summed E-state index contributed by atoms with van der Waals surface area (Å²) in [4.78, 5) is 29.9. The summed E-state index contributed by atoms with van der Waals surface area (Å²) in [7, 11) is -4.41. The third kappa shape index (κ3) is 8.32. The van der Waals surface area contributed by atoms with Crippen LogP contribution in [0.5, 0.6) is 11.5 Å². The van der Waals surface area contributed by atoms with E-state index in [4.69, 9.17) is 9.47 Å². The highest BCUT2D eigenvalue weighted by atomic mass is 32.2. The van der Waals surface area contributed by atoms with Crippen molar-refractivity contribution in [2.75, 3.05) is 24.1 Å². The molecule has 0 unspecified atom stereocenters. The number of anilines is 1. The quantitative estimate of drug-likeness (QED) is 0.197. The zero-order valence-electron chi connectivity index (χ0n) is 27.3. The molecule has 1 aliphatic rings. The van der Waals surface area contributed by atoms with Crippen LogP contribution in [0, 0.1) is 12.7 Å². The summed E-state index contributed by atoms with van der Waals surface area (Å²) >= 11 is 0. The molecule has 48 heavy (non-hydrogen) atoms. The second-order valence-corrected chi connectivity index (χ2v) is 13.7. The number of aryl methyl sites for hydroxylation is 1. The summed E-state index contributed by atoms with van der Waals surface area (Å²) in [5.41, 5.74) is 2.67. The zero-order chi connectivity index (χ0) is 34.3. The first kappa shape index (κ1) is 34.4. The van der Waals surface area contributed by atoms with E-state index < -0.39 is 34.3 Å². The van der Waals surface area contributed by atoms with Crippen molar-refractivity contribution in [2.24, 2.45) is 0 Å². The third-order valence-corrected chi connectivity index (χ3v) is 9.97. The smallest absolute Gasteiger partial charge is 0.264 e. The van der Waals surface area contributed by atoms with E-state index in [-0.39, 0.29) is 47.9 Å². The van der Waals surface area contributed by atoms with Gasteiger partial charge in [-0.15, -0.1) is 0 Å². The molecule has 1 aliphatic heterocycles. The normalized spacial score (nSPS) is 13.7. The van der Waals surface area contributed by atoms with Crippen LogP contribution in [0.1, 0.15) is 37.0 Å². The van der Waals surface area contributed by atoms with E-state index in [1.54, 1.807) is 0 Å². The van der Waals surface area contributed by atoms with Gasteiger partial charge in [0, 0.05) is 25.1 Å². The van der Waals surface area contributed by atoms with E-state index in [0.29, 0.717) is 18.8 Å². The number of nitrogens with one attached hydrogen (secondary N) is 1. The molecular formula is C37H40FN3O6S. The van der Waals surface area contributed by atoms with Crippen molar-refractivity contribution in [1.82, 2.24) is 10.2 Å². The molecule has 4 aromatic rings. The Labute approximate surface area is 281 Å². The standard InChI is InChI=1S/C37H40FN3O6S/c1-4-27(3)39-37(43)33(22-28-10-6-5-7-11-28)40(24-29-12-8-9-26(2)21-29)36(42)25-41(31-15-13-30(38)14-16-31)48(44,45)32-17-18-34-35(23-32)47-20-19-46-34/h5-18,21,23,27,33H,4,19-20,22,24-25H2,1-3H3,(H,39,43)/t27-,33+/m0/s1. The molecule has 0 saturated carbocycles. The van der Waals surface area contributed by atoms with Crippen LogP contribution < -0.4 is 19.1 Å². The maximum Gasteiger partial charge on any atom is 0.264 e. The molecule has 0 spiro atoms. The predicted octanol–water partition coefficient (Wildman–Crippen LogP) is 5.66. The average molecular weight is 674 g/mol. The minimum absolute atomic E-state index is 0.0489. The van der Waals surface area contributed by atoms with Gasteiger partial charge < -0.3 is 19.7 Å². The minimum atomic E-state index is -4.41. The number of benzene rings is 4. The monoisotopic (exact) mass is 673 g/mol. The molecule has 0 aromatic heterocycles. The minimum Gasteiger partial charge on any atom is -0.486 e. The fourth-order valence-corrected chi connectivity index (χ4v) is 6.88. The first-order chi connectivity index (χ1) is 23.0. The Kier molecular flexibility index (Phi) is 11.0. The van der Waals surface area contributed by atoms with Gasteiger partial charge in [-0.1, -0.05) is 67.1 Å². The number of carbonyl (C=O) groups excluding carboxylic acids is 2. The fraction of sp³-hybridized carbons (Fsp3) is 0.297. The topological polar surface area (TPSA) is 105 Å². The highest BCUT2D eigenvalue weighted by Gasteiger charge is 2.35. The lowest BCUT2D eigenvalue weighted by Gasteiger charge is -2.34. The molecule has 1 N–H and O–H groups in total. The van der Waals surface area contributed by atoms with Crippen LogP contribution in [-0.4, -0.2) is 57.0 Å². The molecule has 0 bridgehead atoms. The number of ether oxygens (including phenoxy) is 2. The number of sulfonamides is 1. The largest absolute Gasteiger partial charge is 0.486 e.